The lowest BCUT2D eigenvalue weighted by Gasteiger charge is -2.23. The zero-order valence-corrected chi connectivity index (χ0v) is 14.5. The summed E-state index contributed by atoms with van der Waals surface area (Å²) < 4.78 is 32.0. The van der Waals surface area contributed by atoms with Crippen LogP contribution in [-0.4, -0.2) is 18.0 Å². The second-order valence-electron chi connectivity index (χ2n) is 6.36. The lowest BCUT2D eigenvalue weighted by molar-refractivity contribution is 0.192. The molecule has 1 aromatic heterocycles. The van der Waals surface area contributed by atoms with Crippen LogP contribution in [0.1, 0.15) is 12.0 Å². The van der Waals surface area contributed by atoms with Gasteiger partial charge >= 0.3 is 0 Å². The highest BCUT2D eigenvalue weighted by molar-refractivity contribution is 5.80. The van der Waals surface area contributed by atoms with Gasteiger partial charge in [0.2, 0.25) is 6.86 Å². The maximum atomic E-state index is 13.3. The summed E-state index contributed by atoms with van der Waals surface area (Å²) in [6, 6.07) is 12.9. The molecule has 138 valence electrons. The van der Waals surface area contributed by atoms with Gasteiger partial charge in [-0.1, -0.05) is 12.1 Å². The Labute approximate surface area is 155 Å². The third kappa shape index (κ3) is 3.30. The van der Waals surface area contributed by atoms with E-state index in [2.05, 4.69) is 5.32 Å². The summed E-state index contributed by atoms with van der Waals surface area (Å²) >= 11 is 0. The zero-order chi connectivity index (χ0) is 18.8. The van der Waals surface area contributed by atoms with Crippen LogP contribution in [0.25, 0.3) is 16.8 Å². The molecule has 0 amide bonds. The second kappa shape index (κ2) is 7.23. The number of hydrogen-bond donors (Lipinski definition) is 1. The van der Waals surface area contributed by atoms with Gasteiger partial charge in [-0.25, -0.2) is 8.78 Å². The van der Waals surface area contributed by atoms with Crippen molar-refractivity contribution in [3.8, 4) is 22.6 Å². The van der Waals surface area contributed by atoms with Crippen LogP contribution >= 0.6 is 0 Å². The Morgan fingerprint density at radius 3 is 2.52 bits per heavy atom. The maximum absolute atomic E-state index is 13.3. The average molecular weight is 368 g/mol. The highest BCUT2D eigenvalue weighted by Gasteiger charge is 2.20. The Bertz CT molecular complexity index is 1010. The summed E-state index contributed by atoms with van der Waals surface area (Å²) in [5.41, 5.74) is 3.75. The number of hydrogen-bond acceptors (Lipinski definition) is 3. The SMILES string of the molecule is O=c1c2c(c(-c3ccc(F)cc3)cn1-c1ccc(OCF)cc1)NCCC2. The van der Waals surface area contributed by atoms with Gasteiger partial charge in [0.25, 0.3) is 5.56 Å². The van der Waals surface area contributed by atoms with Crippen molar-refractivity contribution in [3.63, 3.8) is 0 Å². The third-order valence-electron chi connectivity index (χ3n) is 4.70. The molecule has 3 aromatic rings. The highest BCUT2D eigenvalue weighted by atomic mass is 19.1. The number of fused-ring (bicyclic) bond motifs is 1. The van der Waals surface area contributed by atoms with Gasteiger partial charge in [0.05, 0.1) is 5.69 Å². The van der Waals surface area contributed by atoms with Crippen LogP contribution in [0.3, 0.4) is 0 Å². The van der Waals surface area contributed by atoms with E-state index < -0.39 is 6.86 Å². The summed E-state index contributed by atoms with van der Waals surface area (Å²) in [5, 5.41) is 3.32. The topological polar surface area (TPSA) is 43.3 Å². The predicted molar refractivity (Wildman–Crippen MR) is 101 cm³/mol. The van der Waals surface area contributed by atoms with Gasteiger partial charge in [-0.05, 0) is 54.8 Å². The summed E-state index contributed by atoms with van der Waals surface area (Å²) in [6.07, 6.45) is 3.31. The van der Waals surface area contributed by atoms with Gasteiger partial charge in [-0.3, -0.25) is 9.36 Å². The van der Waals surface area contributed by atoms with E-state index in [4.69, 9.17) is 4.74 Å². The summed E-state index contributed by atoms with van der Waals surface area (Å²) in [4.78, 5) is 13.0. The first-order valence-corrected chi connectivity index (χ1v) is 8.75. The monoisotopic (exact) mass is 368 g/mol. The van der Waals surface area contributed by atoms with Crippen LogP contribution in [0, 0.1) is 5.82 Å². The maximum Gasteiger partial charge on any atom is 0.260 e. The standard InChI is InChI=1S/C21H18F2N2O2/c22-13-27-17-9-7-16(8-10-17)25-12-19(14-3-5-15(23)6-4-14)20-18(21(25)26)2-1-11-24-20/h3-10,12,24H,1-2,11,13H2. The number of aromatic nitrogens is 1. The molecular formula is C21H18F2N2O2. The lowest BCUT2D eigenvalue weighted by Crippen LogP contribution is -2.28. The Morgan fingerprint density at radius 1 is 1.07 bits per heavy atom. The molecule has 1 N–H and O–H groups in total. The van der Waals surface area contributed by atoms with Gasteiger partial charge in [-0.15, -0.1) is 0 Å². The number of halogens is 2. The number of rotatable bonds is 4. The van der Waals surface area contributed by atoms with Crippen molar-refractivity contribution in [2.45, 2.75) is 12.8 Å². The number of pyridine rings is 1. The molecule has 6 heteroatoms. The van der Waals surface area contributed by atoms with Crippen LogP contribution in [0.15, 0.2) is 59.5 Å². The fraction of sp³-hybridized carbons (Fsp3) is 0.190. The van der Waals surface area contributed by atoms with Crippen molar-refractivity contribution in [1.29, 1.82) is 0 Å². The predicted octanol–water partition coefficient (Wildman–Crippen LogP) is 4.31. The minimum absolute atomic E-state index is 0.0952. The number of nitrogens with zero attached hydrogens (tertiary/aromatic N) is 1. The summed E-state index contributed by atoms with van der Waals surface area (Å²) in [7, 11) is 0. The Balaban J connectivity index is 1.88. The van der Waals surface area contributed by atoms with Crippen LogP contribution in [0.2, 0.25) is 0 Å². The molecule has 0 bridgehead atoms. The van der Waals surface area contributed by atoms with Crippen LogP contribution in [0.5, 0.6) is 5.75 Å². The minimum Gasteiger partial charge on any atom is -0.463 e. The molecule has 0 spiro atoms. The fourth-order valence-corrected chi connectivity index (χ4v) is 3.39. The molecule has 0 unspecified atom stereocenters. The highest BCUT2D eigenvalue weighted by Crippen LogP contribution is 2.33. The van der Waals surface area contributed by atoms with E-state index in [1.165, 1.54) is 12.1 Å². The van der Waals surface area contributed by atoms with Crippen LogP contribution in [0.4, 0.5) is 14.5 Å². The van der Waals surface area contributed by atoms with E-state index in [-0.39, 0.29) is 11.4 Å². The first-order chi connectivity index (χ1) is 13.2. The van der Waals surface area contributed by atoms with E-state index in [0.717, 1.165) is 29.8 Å². The van der Waals surface area contributed by atoms with Crippen molar-refractivity contribution in [1.82, 2.24) is 4.57 Å². The molecule has 0 aliphatic carbocycles. The summed E-state index contributed by atoms with van der Waals surface area (Å²) in [5.74, 6) is 0.0880. The minimum atomic E-state index is -0.904. The fourth-order valence-electron chi connectivity index (χ4n) is 3.39. The number of nitrogens with one attached hydrogen (secondary N) is 1. The molecule has 0 radical (unpaired) electrons. The molecule has 0 fully saturated rings. The van der Waals surface area contributed by atoms with E-state index in [1.54, 1.807) is 47.2 Å². The van der Waals surface area contributed by atoms with E-state index >= 15 is 0 Å². The van der Waals surface area contributed by atoms with Crippen molar-refractivity contribution < 1.29 is 13.5 Å². The summed E-state index contributed by atoms with van der Waals surface area (Å²) in [6.45, 7) is -0.113. The van der Waals surface area contributed by atoms with E-state index in [0.29, 0.717) is 23.4 Å². The largest absolute Gasteiger partial charge is 0.463 e. The lowest BCUT2D eigenvalue weighted by atomic mass is 9.97. The van der Waals surface area contributed by atoms with E-state index in [1.807, 2.05) is 0 Å². The van der Waals surface area contributed by atoms with Gasteiger partial charge in [0, 0.05) is 29.6 Å². The zero-order valence-electron chi connectivity index (χ0n) is 14.5. The molecule has 0 atom stereocenters. The Morgan fingerprint density at radius 2 is 1.81 bits per heavy atom. The average Bonchev–Trinajstić information content (AvgIpc) is 2.70. The Kier molecular flexibility index (Phi) is 4.62. The smallest absolute Gasteiger partial charge is 0.260 e. The second-order valence-corrected chi connectivity index (χ2v) is 6.36. The van der Waals surface area contributed by atoms with Crippen molar-refractivity contribution >= 4 is 5.69 Å². The molecule has 4 rings (SSSR count). The third-order valence-corrected chi connectivity index (χ3v) is 4.70. The first-order valence-electron chi connectivity index (χ1n) is 8.75. The van der Waals surface area contributed by atoms with Crippen LogP contribution < -0.4 is 15.6 Å². The molecular weight excluding hydrogens is 350 g/mol. The van der Waals surface area contributed by atoms with Crippen molar-refractivity contribution in [2.75, 3.05) is 18.7 Å². The van der Waals surface area contributed by atoms with Gasteiger partial charge in [0.1, 0.15) is 11.6 Å². The molecule has 0 saturated carbocycles. The molecule has 2 heterocycles. The van der Waals surface area contributed by atoms with Gasteiger partial charge < -0.3 is 10.1 Å². The van der Waals surface area contributed by atoms with E-state index in [9.17, 15) is 13.6 Å². The first kappa shape index (κ1) is 17.3. The van der Waals surface area contributed by atoms with Crippen molar-refractivity contribution in [2.24, 2.45) is 0 Å². The van der Waals surface area contributed by atoms with Gasteiger partial charge in [-0.2, -0.15) is 0 Å². The normalized spacial score (nSPS) is 13.0. The van der Waals surface area contributed by atoms with Crippen LogP contribution in [-0.2, 0) is 6.42 Å². The van der Waals surface area contributed by atoms with Crippen molar-refractivity contribution in [3.05, 3.63) is 76.5 Å². The molecule has 0 saturated heterocycles. The molecule has 2 aromatic carbocycles. The molecule has 27 heavy (non-hydrogen) atoms. The number of ether oxygens (including phenoxy) is 1. The quantitative estimate of drug-likeness (QED) is 0.746. The van der Waals surface area contributed by atoms with Gasteiger partial charge in [0.15, 0.2) is 0 Å². The molecule has 1 aliphatic heterocycles. The number of benzene rings is 2. The number of anilines is 1. The molecule has 1 aliphatic rings. The molecule has 4 nitrogen and oxygen atoms in total. The Hall–Kier alpha value is -3.15. The number of alkyl halides is 1.